The van der Waals surface area contributed by atoms with Crippen LogP contribution in [0.25, 0.3) is 0 Å². The highest BCUT2D eigenvalue weighted by molar-refractivity contribution is 9.10. The summed E-state index contributed by atoms with van der Waals surface area (Å²) in [5.41, 5.74) is -0.403. The number of nitrogens with zero attached hydrogens (tertiary/aromatic N) is 2. The first-order valence-electron chi connectivity index (χ1n) is 4.44. The molecule has 1 heterocycles. The predicted molar refractivity (Wildman–Crippen MR) is 57.3 cm³/mol. The van der Waals surface area contributed by atoms with Gasteiger partial charge in [0.05, 0.1) is 19.1 Å². The molecule has 0 aliphatic heterocycles. The van der Waals surface area contributed by atoms with Gasteiger partial charge in [0.1, 0.15) is 16.4 Å². The first kappa shape index (κ1) is 13.5. The van der Waals surface area contributed by atoms with Gasteiger partial charge in [-0.25, -0.2) is 13.8 Å². The molecule has 0 unspecified atom stereocenters. The van der Waals surface area contributed by atoms with Crippen LogP contribution in [0.5, 0.6) is 0 Å². The number of carbonyl (C=O) groups is 1. The van der Waals surface area contributed by atoms with Crippen molar-refractivity contribution in [2.45, 2.75) is 12.8 Å². The molecular weight excluding hydrogens is 298 g/mol. The lowest BCUT2D eigenvalue weighted by atomic mass is 10.1. The second-order valence-electron chi connectivity index (χ2n) is 3.04. The van der Waals surface area contributed by atoms with Crippen LogP contribution >= 0.6 is 15.9 Å². The van der Waals surface area contributed by atoms with Crippen LogP contribution in [-0.4, -0.2) is 18.1 Å². The van der Waals surface area contributed by atoms with Gasteiger partial charge in [0.15, 0.2) is 0 Å². The fourth-order valence-electron chi connectivity index (χ4n) is 1.23. The highest BCUT2D eigenvalue weighted by Crippen LogP contribution is 2.30. The van der Waals surface area contributed by atoms with Crippen LogP contribution in [0.2, 0.25) is 0 Å². The maximum Gasteiger partial charge on any atom is 0.309 e. The number of aromatic nitrogens is 1. The van der Waals surface area contributed by atoms with Gasteiger partial charge in [-0.15, -0.1) is 0 Å². The topological polar surface area (TPSA) is 63.0 Å². The molecule has 0 aliphatic rings. The lowest BCUT2D eigenvalue weighted by Crippen LogP contribution is -2.09. The fourth-order valence-corrected chi connectivity index (χ4v) is 1.85. The Labute approximate surface area is 104 Å². The Morgan fingerprint density at radius 3 is 2.82 bits per heavy atom. The van der Waals surface area contributed by atoms with Gasteiger partial charge in [-0.05, 0) is 27.6 Å². The van der Waals surface area contributed by atoms with Crippen LogP contribution in [0.15, 0.2) is 10.7 Å². The van der Waals surface area contributed by atoms with Crippen LogP contribution in [0, 0.1) is 11.3 Å². The summed E-state index contributed by atoms with van der Waals surface area (Å²) in [5, 5.41) is 8.67. The molecule has 0 fully saturated rings. The second kappa shape index (κ2) is 5.68. The largest absolute Gasteiger partial charge is 0.469 e. The van der Waals surface area contributed by atoms with Gasteiger partial charge in [0.25, 0.3) is 6.43 Å². The summed E-state index contributed by atoms with van der Waals surface area (Å²) >= 11 is 2.86. The van der Waals surface area contributed by atoms with Gasteiger partial charge in [-0.2, -0.15) is 5.26 Å². The maximum atomic E-state index is 12.8. The van der Waals surface area contributed by atoms with E-state index in [4.69, 9.17) is 5.26 Å². The van der Waals surface area contributed by atoms with Crippen LogP contribution in [0.3, 0.4) is 0 Å². The maximum absolute atomic E-state index is 12.8. The van der Waals surface area contributed by atoms with Crippen molar-refractivity contribution in [1.82, 2.24) is 4.98 Å². The molecule has 0 aliphatic carbocycles. The monoisotopic (exact) mass is 304 g/mol. The van der Waals surface area contributed by atoms with Crippen molar-refractivity contribution in [3.05, 3.63) is 27.5 Å². The highest BCUT2D eigenvalue weighted by Gasteiger charge is 2.21. The van der Waals surface area contributed by atoms with E-state index in [9.17, 15) is 13.6 Å². The first-order chi connectivity index (χ1) is 7.99. The Hall–Kier alpha value is -1.55. The second-order valence-corrected chi connectivity index (χ2v) is 3.79. The smallest absolute Gasteiger partial charge is 0.309 e. The summed E-state index contributed by atoms with van der Waals surface area (Å²) < 4.78 is 29.8. The van der Waals surface area contributed by atoms with Crippen molar-refractivity contribution < 1.29 is 18.3 Å². The molecule has 0 aromatic carbocycles. The zero-order chi connectivity index (χ0) is 13.0. The molecule has 0 N–H and O–H groups in total. The number of alkyl halides is 2. The predicted octanol–water partition coefficient (Wildman–Crippen LogP) is 2.37. The molecule has 0 amide bonds. The summed E-state index contributed by atoms with van der Waals surface area (Å²) in [4.78, 5) is 14.7. The highest BCUT2D eigenvalue weighted by atomic mass is 79.9. The average Bonchev–Trinajstić information content (AvgIpc) is 2.27. The normalized spacial score (nSPS) is 10.1. The van der Waals surface area contributed by atoms with Crippen molar-refractivity contribution in [3.8, 4) is 6.07 Å². The quantitative estimate of drug-likeness (QED) is 0.635. The minimum absolute atomic E-state index is 0.0327. The molecule has 90 valence electrons. The van der Waals surface area contributed by atoms with Crippen LogP contribution < -0.4 is 0 Å². The lowest BCUT2D eigenvalue weighted by molar-refractivity contribution is -0.139. The Bertz CT molecular complexity index is 486. The number of methoxy groups -OCH3 is 1. The summed E-state index contributed by atoms with van der Waals surface area (Å²) in [6, 6.07) is 2.88. The van der Waals surface area contributed by atoms with Gasteiger partial charge in [0.2, 0.25) is 0 Å². The minimum atomic E-state index is -2.79. The van der Waals surface area contributed by atoms with Crippen molar-refractivity contribution in [2.24, 2.45) is 0 Å². The number of rotatable bonds is 3. The van der Waals surface area contributed by atoms with E-state index in [-0.39, 0.29) is 22.3 Å². The molecule has 0 radical (unpaired) electrons. The third-order valence-electron chi connectivity index (χ3n) is 1.99. The SMILES string of the molecule is COC(=O)Cc1cc(C#N)nc(Br)c1C(F)F. The molecule has 1 aromatic rings. The molecule has 0 spiro atoms. The van der Waals surface area contributed by atoms with Gasteiger partial charge < -0.3 is 4.74 Å². The lowest BCUT2D eigenvalue weighted by Gasteiger charge is -2.09. The Morgan fingerprint density at radius 2 is 2.35 bits per heavy atom. The number of hydrogen-bond acceptors (Lipinski definition) is 4. The van der Waals surface area contributed by atoms with Crippen molar-refractivity contribution >= 4 is 21.9 Å². The van der Waals surface area contributed by atoms with E-state index >= 15 is 0 Å². The van der Waals surface area contributed by atoms with E-state index in [1.165, 1.54) is 0 Å². The van der Waals surface area contributed by atoms with E-state index in [1.54, 1.807) is 6.07 Å². The third-order valence-corrected chi connectivity index (χ3v) is 2.60. The zero-order valence-electron chi connectivity index (χ0n) is 8.71. The van der Waals surface area contributed by atoms with Crippen molar-refractivity contribution in [1.29, 1.82) is 5.26 Å². The van der Waals surface area contributed by atoms with Gasteiger partial charge >= 0.3 is 5.97 Å². The molecule has 4 nitrogen and oxygen atoms in total. The number of pyridine rings is 1. The molecular formula is C10H7BrF2N2O2. The van der Waals surface area contributed by atoms with E-state index in [0.29, 0.717) is 0 Å². The molecule has 0 atom stereocenters. The van der Waals surface area contributed by atoms with Crippen LogP contribution in [0.4, 0.5) is 8.78 Å². The van der Waals surface area contributed by atoms with Crippen molar-refractivity contribution in [2.75, 3.05) is 7.11 Å². The summed E-state index contributed by atoms with van der Waals surface area (Å²) in [7, 11) is 1.16. The fraction of sp³-hybridized carbons (Fsp3) is 0.300. The molecule has 0 saturated carbocycles. The van der Waals surface area contributed by atoms with E-state index in [0.717, 1.165) is 13.2 Å². The van der Waals surface area contributed by atoms with Crippen molar-refractivity contribution in [3.63, 3.8) is 0 Å². The Balaban J connectivity index is 3.28. The third kappa shape index (κ3) is 3.20. The number of carbonyl (C=O) groups excluding carboxylic acids is 1. The molecule has 0 bridgehead atoms. The number of ether oxygens (including phenoxy) is 1. The molecule has 0 saturated heterocycles. The Morgan fingerprint density at radius 1 is 1.71 bits per heavy atom. The van der Waals surface area contributed by atoms with E-state index in [1.807, 2.05) is 0 Å². The number of nitriles is 1. The number of hydrogen-bond donors (Lipinski definition) is 0. The molecule has 17 heavy (non-hydrogen) atoms. The van der Waals surface area contributed by atoms with E-state index in [2.05, 4.69) is 25.7 Å². The molecule has 7 heteroatoms. The van der Waals surface area contributed by atoms with Crippen LogP contribution in [0.1, 0.15) is 23.2 Å². The zero-order valence-corrected chi connectivity index (χ0v) is 10.3. The van der Waals surface area contributed by atoms with Gasteiger partial charge in [-0.1, -0.05) is 0 Å². The summed E-state index contributed by atoms with van der Waals surface area (Å²) in [6.07, 6.45) is -3.12. The van der Waals surface area contributed by atoms with E-state index < -0.39 is 18.0 Å². The number of esters is 1. The standard InChI is InChI=1S/C10H7BrF2N2O2/c1-17-7(16)3-5-2-6(4-14)15-9(11)8(5)10(12)13/h2,10H,3H2,1H3. The minimum Gasteiger partial charge on any atom is -0.469 e. The first-order valence-corrected chi connectivity index (χ1v) is 5.23. The molecule has 1 rings (SSSR count). The summed E-state index contributed by atoms with van der Waals surface area (Å²) in [5.74, 6) is -0.658. The van der Waals surface area contributed by atoms with Gasteiger partial charge in [0, 0.05) is 0 Å². The van der Waals surface area contributed by atoms with Gasteiger partial charge in [-0.3, -0.25) is 4.79 Å². The Kier molecular flexibility index (Phi) is 4.52. The number of halogens is 3. The van der Waals surface area contributed by atoms with Crippen LogP contribution in [-0.2, 0) is 16.0 Å². The average molecular weight is 305 g/mol. The molecule has 1 aromatic heterocycles. The summed E-state index contributed by atoms with van der Waals surface area (Å²) in [6.45, 7) is 0.